The summed E-state index contributed by atoms with van der Waals surface area (Å²) in [6.07, 6.45) is 2.65. The van der Waals surface area contributed by atoms with Crippen LogP contribution in [0.25, 0.3) is 0 Å². The smallest absolute Gasteiger partial charge is 0.318 e. The highest BCUT2D eigenvalue weighted by Crippen LogP contribution is 2.13. The first-order valence-corrected chi connectivity index (χ1v) is 14.5. The van der Waals surface area contributed by atoms with Gasteiger partial charge in [-0.2, -0.15) is 0 Å². The van der Waals surface area contributed by atoms with Gasteiger partial charge in [-0.05, 0) is 49.6 Å². The van der Waals surface area contributed by atoms with Gasteiger partial charge in [-0.25, -0.2) is 13.2 Å². The zero-order valence-electron chi connectivity index (χ0n) is 21.8. The lowest BCUT2D eigenvalue weighted by molar-refractivity contribution is -0.127. The van der Waals surface area contributed by atoms with Crippen LogP contribution in [0.1, 0.15) is 24.8 Å². The molecule has 0 radical (unpaired) electrons. The van der Waals surface area contributed by atoms with Crippen LogP contribution in [0.15, 0.2) is 77.0 Å². The summed E-state index contributed by atoms with van der Waals surface area (Å²) < 4.78 is 30.5. The number of hydrogen-bond donors (Lipinski definition) is 3. The second-order valence-electron chi connectivity index (χ2n) is 9.20. The average Bonchev–Trinajstić information content (AvgIpc) is 2.96. The van der Waals surface area contributed by atoms with Gasteiger partial charge in [0, 0.05) is 24.9 Å². The summed E-state index contributed by atoms with van der Waals surface area (Å²) >= 11 is 0. The number of nitrogens with two attached hydrogens (primary N) is 1. The molecular formula is C28H36N4O6S. The fourth-order valence-corrected chi connectivity index (χ4v) is 5.08. The normalized spacial score (nSPS) is 15.5. The molecule has 0 saturated carbocycles. The van der Waals surface area contributed by atoms with E-state index in [1.165, 1.54) is 12.1 Å². The number of hydrogen-bond acceptors (Lipinski definition) is 7. The molecule has 2 aromatic rings. The number of nitrogens with zero attached hydrogens (tertiary/aromatic N) is 1. The minimum atomic E-state index is -3.83. The molecule has 4 N–H and O–H groups in total. The molecule has 0 spiro atoms. The van der Waals surface area contributed by atoms with Gasteiger partial charge in [0.15, 0.2) is 15.6 Å². The Balaban J connectivity index is 1.76. The third kappa shape index (κ3) is 9.61. The van der Waals surface area contributed by atoms with Gasteiger partial charge in [-0.15, -0.1) is 0 Å². The van der Waals surface area contributed by atoms with Crippen LogP contribution >= 0.6 is 0 Å². The number of ether oxygens (including phenoxy) is 1. The van der Waals surface area contributed by atoms with E-state index in [2.05, 4.69) is 10.6 Å². The van der Waals surface area contributed by atoms with Gasteiger partial charge in [-0.1, -0.05) is 48.5 Å². The third-order valence-electron chi connectivity index (χ3n) is 6.29. The van der Waals surface area contributed by atoms with Crippen molar-refractivity contribution in [3.63, 3.8) is 0 Å². The molecule has 1 aliphatic heterocycles. The molecule has 0 unspecified atom stereocenters. The fraction of sp³-hybridized carbons (Fsp3) is 0.393. The topological polar surface area (TPSA) is 148 Å². The molecule has 1 saturated heterocycles. The number of nitrogens with one attached hydrogen (secondary N) is 2. The Morgan fingerprint density at radius 2 is 1.56 bits per heavy atom. The SMILES string of the molecule is NCCCC[C@H](NC(=O)[C@H](Cc1ccccc1)NC(=O)N1CCOCC1)C(=O)C=CS(=O)(=O)c1ccccc1. The van der Waals surface area contributed by atoms with E-state index in [4.69, 9.17) is 10.5 Å². The first-order chi connectivity index (χ1) is 18.8. The van der Waals surface area contributed by atoms with Gasteiger partial charge in [0.25, 0.3) is 0 Å². The molecule has 3 rings (SSSR count). The van der Waals surface area contributed by atoms with Crippen molar-refractivity contribution in [1.82, 2.24) is 15.5 Å². The summed E-state index contributed by atoms with van der Waals surface area (Å²) in [5.41, 5.74) is 6.44. The highest BCUT2D eigenvalue weighted by Gasteiger charge is 2.28. The molecule has 0 bridgehead atoms. The van der Waals surface area contributed by atoms with E-state index in [0.29, 0.717) is 45.7 Å². The van der Waals surface area contributed by atoms with Gasteiger partial charge >= 0.3 is 6.03 Å². The second-order valence-corrected chi connectivity index (χ2v) is 11.0. The Morgan fingerprint density at radius 3 is 2.21 bits per heavy atom. The summed E-state index contributed by atoms with van der Waals surface area (Å²) in [5, 5.41) is 6.40. The third-order valence-corrected chi connectivity index (χ3v) is 7.71. The van der Waals surface area contributed by atoms with E-state index >= 15 is 0 Å². The number of sulfone groups is 1. The van der Waals surface area contributed by atoms with Crippen LogP contribution in [-0.2, 0) is 30.6 Å². The van der Waals surface area contributed by atoms with Crippen LogP contribution in [0.5, 0.6) is 0 Å². The maximum absolute atomic E-state index is 13.4. The molecule has 2 atom stereocenters. The molecule has 1 fully saturated rings. The minimum Gasteiger partial charge on any atom is -0.378 e. The quantitative estimate of drug-likeness (QED) is 0.252. The van der Waals surface area contributed by atoms with E-state index in [1.54, 1.807) is 23.1 Å². The van der Waals surface area contributed by atoms with Crippen LogP contribution in [0.4, 0.5) is 4.79 Å². The lowest BCUT2D eigenvalue weighted by Gasteiger charge is -2.29. The van der Waals surface area contributed by atoms with Crippen molar-refractivity contribution in [1.29, 1.82) is 0 Å². The number of unbranched alkanes of at least 4 members (excludes halogenated alkanes) is 1. The Hall–Kier alpha value is -3.54. The van der Waals surface area contributed by atoms with Crippen molar-refractivity contribution in [3.05, 3.63) is 77.7 Å². The molecule has 0 aliphatic carbocycles. The van der Waals surface area contributed by atoms with E-state index in [0.717, 1.165) is 17.0 Å². The first kappa shape index (κ1) is 30.0. The van der Waals surface area contributed by atoms with Gasteiger partial charge in [0.2, 0.25) is 5.91 Å². The van der Waals surface area contributed by atoms with Gasteiger partial charge in [0.1, 0.15) is 6.04 Å². The van der Waals surface area contributed by atoms with Gasteiger partial charge in [-0.3, -0.25) is 9.59 Å². The molecular weight excluding hydrogens is 520 g/mol. The Kier molecular flexibility index (Phi) is 11.7. The van der Waals surface area contributed by atoms with E-state index in [-0.39, 0.29) is 17.7 Å². The van der Waals surface area contributed by atoms with Crippen LogP contribution in [-0.4, -0.2) is 76.0 Å². The molecule has 10 nitrogen and oxygen atoms in total. The number of urea groups is 1. The first-order valence-electron chi connectivity index (χ1n) is 13.0. The highest BCUT2D eigenvalue weighted by molar-refractivity contribution is 7.94. The maximum Gasteiger partial charge on any atom is 0.318 e. The van der Waals surface area contributed by atoms with E-state index < -0.39 is 39.6 Å². The largest absolute Gasteiger partial charge is 0.378 e. The van der Waals surface area contributed by atoms with Crippen molar-refractivity contribution in [2.45, 2.75) is 42.7 Å². The zero-order valence-corrected chi connectivity index (χ0v) is 22.6. The van der Waals surface area contributed by atoms with Crippen LogP contribution < -0.4 is 16.4 Å². The van der Waals surface area contributed by atoms with Crippen molar-refractivity contribution in [3.8, 4) is 0 Å². The van der Waals surface area contributed by atoms with Crippen LogP contribution in [0, 0.1) is 0 Å². The molecule has 11 heteroatoms. The standard InChI is InChI=1S/C28H36N4O6S/c29-15-8-7-13-24(26(33)14-20-39(36,37)23-11-5-2-6-12-23)30-27(34)25(21-22-9-3-1-4-10-22)31-28(35)32-16-18-38-19-17-32/h1-6,9-12,14,20,24-25H,7-8,13,15-19,21,29H2,(H,30,34)(H,31,35)/t24-,25-/m0/s1. The molecule has 39 heavy (non-hydrogen) atoms. The number of amides is 3. The van der Waals surface area contributed by atoms with Crippen molar-refractivity contribution >= 4 is 27.6 Å². The lowest BCUT2D eigenvalue weighted by Crippen LogP contribution is -2.56. The molecule has 1 aliphatic rings. The van der Waals surface area contributed by atoms with E-state index in [1.807, 2.05) is 30.3 Å². The van der Waals surface area contributed by atoms with Crippen molar-refractivity contribution in [2.24, 2.45) is 5.73 Å². The second kappa shape index (κ2) is 15.2. The summed E-state index contributed by atoms with van der Waals surface area (Å²) in [7, 11) is -3.83. The molecule has 3 amide bonds. The number of rotatable bonds is 13. The Labute approximate surface area is 229 Å². The summed E-state index contributed by atoms with van der Waals surface area (Å²) in [5.74, 6) is -1.09. The minimum absolute atomic E-state index is 0.0616. The Morgan fingerprint density at radius 1 is 0.923 bits per heavy atom. The summed E-state index contributed by atoms with van der Waals surface area (Å²) in [6, 6.07) is 14.7. The number of carbonyl (C=O) groups excluding carboxylic acids is 3. The van der Waals surface area contributed by atoms with Crippen molar-refractivity contribution < 1.29 is 27.5 Å². The molecule has 0 aromatic heterocycles. The van der Waals surface area contributed by atoms with Crippen LogP contribution in [0.2, 0.25) is 0 Å². The predicted octanol–water partition coefficient (Wildman–Crippen LogP) is 1.81. The fourth-order valence-electron chi connectivity index (χ4n) is 4.08. The Bertz CT molecular complexity index is 1220. The average molecular weight is 557 g/mol. The number of ketones is 1. The number of carbonyl (C=O) groups is 3. The van der Waals surface area contributed by atoms with Crippen LogP contribution in [0.3, 0.4) is 0 Å². The monoisotopic (exact) mass is 556 g/mol. The summed E-state index contributed by atoms with van der Waals surface area (Å²) in [6.45, 7) is 2.07. The maximum atomic E-state index is 13.4. The molecule has 210 valence electrons. The predicted molar refractivity (Wildman–Crippen MR) is 147 cm³/mol. The number of benzene rings is 2. The molecule has 2 aromatic carbocycles. The van der Waals surface area contributed by atoms with E-state index in [9.17, 15) is 22.8 Å². The van der Waals surface area contributed by atoms with Gasteiger partial charge < -0.3 is 26.0 Å². The highest BCUT2D eigenvalue weighted by atomic mass is 32.2. The molecule has 1 heterocycles. The van der Waals surface area contributed by atoms with Crippen molar-refractivity contribution in [2.75, 3.05) is 32.8 Å². The number of morpholine rings is 1. The summed E-state index contributed by atoms with van der Waals surface area (Å²) in [4.78, 5) is 41.1. The lowest BCUT2D eigenvalue weighted by atomic mass is 10.0. The zero-order chi connectivity index (χ0) is 28.1. The van der Waals surface area contributed by atoms with Gasteiger partial charge in [0.05, 0.1) is 24.2 Å².